The lowest BCUT2D eigenvalue weighted by atomic mass is 10.1. The summed E-state index contributed by atoms with van der Waals surface area (Å²) >= 11 is 0. The first-order valence-electron chi connectivity index (χ1n) is 6.24. The third-order valence-electron chi connectivity index (χ3n) is 3.22. The van der Waals surface area contributed by atoms with Gasteiger partial charge in [0.2, 0.25) is 0 Å². The SMILES string of the molecule is CCc1ccc(OC)c(CN(C)C(CO)CO)c1. The Bertz CT molecular complexity index is 364. The number of aliphatic hydroxyl groups is 2. The summed E-state index contributed by atoms with van der Waals surface area (Å²) in [4.78, 5) is 1.93. The van der Waals surface area contributed by atoms with E-state index in [1.165, 1.54) is 5.56 Å². The number of aliphatic hydroxyl groups excluding tert-OH is 2. The monoisotopic (exact) mass is 253 g/mol. The minimum Gasteiger partial charge on any atom is -0.496 e. The minimum atomic E-state index is -0.236. The van der Waals surface area contributed by atoms with Crippen LogP contribution >= 0.6 is 0 Å². The zero-order valence-corrected chi connectivity index (χ0v) is 11.4. The molecule has 1 aromatic carbocycles. The maximum absolute atomic E-state index is 9.17. The Morgan fingerprint density at radius 1 is 1.28 bits per heavy atom. The molecule has 102 valence electrons. The lowest BCUT2D eigenvalue weighted by Gasteiger charge is -2.25. The van der Waals surface area contributed by atoms with Gasteiger partial charge in [-0.1, -0.05) is 19.1 Å². The van der Waals surface area contributed by atoms with Gasteiger partial charge < -0.3 is 14.9 Å². The second-order valence-corrected chi connectivity index (χ2v) is 4.43. The van der Waals surface area contributed by atoms with Crippen molar-refractivity contribution in [3.8, 4) is 5.75 Å². The molecule has 0 spiro atoms. The number of aryl methyl sites for hydroxylation is 1. The van der Waals surface area contributed by atoms with Gasteiger partial charge in [-0.3, -0.25) is 4.90 Å². The quantitative estimate of drug-likeness (QED) is 0.762. The lowest BCUT2D eigenvalue weighted by Crippen LogP contribution is -2.37. The van der Waals surface area contributed by atoms with Gasteiger partial charge in [0, 0.05) is 12.1 Å². The van der Waals surface area contributed by atoms with Gasteiger partial charge in [0.25, 0.3) is 0 Å². The molecule has 1 aromatic rings. The molecule has 2 N–H and O–H groups in total. The first-order valence-corrected chi connectivity index (χ1v) is 6.24. The average molecular weight is 253 g/mol. The molecule has 0 aliphatic carbocycles. The van der Waals surface area contributed by atoms with Gasteiger partial charge in [-0.05, 0) is 25.1 Å². The minimum absolute atomic E-state index is 0.0528. The van der Waals surface area contributed by atoms with E-state index in [0.717, 1.165) is 17.7 Å². The van der Waals surface area contributed by atoms with Crippen molar-refractivity contribution in [3.05, 3.63) is 29.3 Å². The summed E-state index contributed by atoms with van der Waals surface area (Å²) in [5.41, 5.74) is 2.33. The number of benzene rings is 1. The molecule has 4 nitrogen and oxygen atoms in total. The van der Waals surface area contributed by atoms with E-state index in [9.17, 15) is 0 Å². The summed E-state index contributed by atoms with van der Waals surface area (Å²) in [6, 6.07) is 5.90. The van der Waals surface area contributed by atoms with Gasteiger partial charge in [-0.2, -0.15) is 0 Å². The van der Waals surface area contributed by atoms with Crippen molar-refractivity contribution in [3.63, 3.8) is 0 Å². The zero-order valence-electron chi connectivity index (χ0n) is 11.4. The van der Waals surface area contributed by atoms with E-state index in [2.05, 4.69) is 19.1 Å². The highest BCUT2D eigenvalue weighted by molar-refractivity contribution is 5.37. The summed E-state index contributed by atoms with van der Waals surface area (Å²) in [5, 5.41) is 18.3. The van der Waals surface area contributed by atoms with E-state index < -0.39 is 0 Å². The van der Waals surface area contributed by atoms with Crippen LogP contribution in [-0.2, 0) is 13.0 Å². The Morgan fingerprint density at radius 3 is 2.44 bits per heavy atom. The largest absolute Gasteiger partial charge is 0.496 e. The van der Waals surface area contributed by atoms with E-state index in [-0.39, 0.29) is 19.3 Å². The Labute approximate surface area is 109 Å². The lowest BCUT2D eigenvalue weighted by molar-refractivity contribution is 0.0868. The fourth-order valence-electron chi connectivity index (χ4n) is 1.91. The summed E-state index contributed by atoms with van der Waals surface area (Å²) in [6.45, 7) is 2.65. The number of methoxy groups -OCH3 is 1. The average Bonchev–Trinajstić information content (AvgIpc) is 2.40. The van der Waals surface area contributed by atoms with Crippen LogP contribution in [0.3, 0.4) is 0 Å². The third kappa shape index (κ3) is 3.70. The van der Waals surface area contributed by atoms with E-state index in [1.54, 1.807) is 7.11 Å². The van der Waals surface area contributed by atoms with Gasteiger partial charge in [0.15, 0.2) is 0 Å². The summed E-state index contributed by atoms with van der Waals surface area (Å²) in [7, 11) is 3.54. The molecule has 0 heterocycles. The zero-order chi connectivity index (χ0) is 13.5. The number of likely N-dealkylation sites (N-methyl/N-ethyl adjacent to an activating group) is 1. The van der Waals surface area contributed by atoms with Crippen LogP contribution in [0.1, 0.15) is 18.1 Å². The fourth-order valence-corrected chi connectivity index (χ4v) is 1.91. The highest BCUT2D eigenvalue weighted by Gasteiger charge is 2.15. The van der Waals surface area contributed by atoms with Crippen molar-refractivity contribution >= 4 is 0 Å². The molecule has 0 bridgehead atoms. The molecule has 0 saturated carbocycles. The molecule has 0 saturated heterocycles. The third-order valence-corrected chi connectivity index (χ3v) is 3.22. The standard InChI is InChI=1S/C14H23NO3/c1-4-11-5-6-14(18-3)12(7-11)8-15(2)13(9-16)10-17/h5-7,13,16-17H,4,8-10H2,1-3H3. The highest BCUT2D eigenvalue weighted by Crippen LogP contribution is 2.22. The summed E-state index contributed by atoms with van der Waals surface area (Å²) in [6.07, 6.45) is 0.976. The van der Waals surface area contributed by atoms with Crippen LogP contribution < -0.4 is 4.74 Å². The van der Waals surface area contributed by atoms with Gasteiger partial charge >= 0.3 is 0 Å². The Morgan fingerprint density at radius 2 is 1.94 bits per heavy atom. The maximum Gasteiger partial charge on any atom is 0.123 e. The molecule has 0 unspecified atom stereocenters. The predicted molar refractivity (Wildman–Crippen MR) is 71.8 cm³/mol. The predicted octanol–water partition coefficient (Wildman–Crippen LogP) is 1.04. The van der Waals surface area contributed by atoms with Crippen LogP contribution in [0.4, 0.5) is 0 Å². The van der Waals surface area contributed by atoms with Crippen molar-refractivity contribution in [2.24, 2.45) is 0 Å². The normalized spacial score (nSPS) is 11.3. The van der Waals surface area contributed by atoms with E-state index in [1.807, 2.05) is 18.0 Å². The van der Waals surface area contributed by atoms with Crippen molar-refractivity contribution in [1.29, 1.82) is 0 Å². The second-order valence-electron chi connectivity index (χ2n) is 4.43. The Hall–Kier alpha value is -1.10. The van der Waals surface area contributed by atoms with Crippen molar-refractivity contribution in [2.75, 3.05) is 27.4 Å². The number of ether oxygens (including phenoxy) is 1. The van der Waals surface area contributed by atoms with Gasteiger partial charge in [-0.25, -0.2) is 0 Å². The van der Waals surface area contributed by atoms with Crippen LogP contribution in [0.5, 0.6) is 5.75 Å². The number of rotatable bonds is 7. The topological polar surface area (TPSA) is 52.9 Å². The summed E-state index contributed by atoms with van der Waals surface area (Å²) in [5.74, 6) is 0.841. The van der Waals surface area contributed by atoms with E-state index in [4.69, 9.17) is 14.9 Å². The highest BCUT2D eigenvalue weighted by atomic mass is 16.5. The summed E-state index contributed by atoms with van der Waals surface area (Å²) < 4.78 is 5.34. The number of nitrogens with zero attached hydrogens (tertiary/aromatic N) is 1. The first kappa shape index (κ1) is 15.0. The van der Waals surface area contributed by atoms with E-state index in [0.29, 0.717) is 6.54 Å². The first-order chi connectivity index (χ1) is 8.65. The Kier molecular flexibility index (Phi) is 6.12. The van der Waals surface area contributed by atoms with Crippen molar-refractivity contribution in [1.82, 2.24) is 4.90 Å². The second kappa shape index (κ2) is 7.36. The molecule has 0 radical (unpaired) electrons. The molecule has 0 aliphatic heterocycles. The molecule has 18 heavy (non-hydrogen) atoms. The van der Waals surface area contributed by atoms with Crippen LogP contribution in [0, 0.1) is 0 Å². The number of hydrogen-bond donors (Lipinski definition) is 2. The molecular weight excluding hydrogens is 230 g/mol. The van der Waals surface area contributed by atoms with Crippen LogP contribution in [-0.4, -0.2) is 48.5 Å². The van der Waals surface area contributed by atoms with Crippen molar-refractivity contribution < 1.29 is 14.9 Å². The van der Waals surface area contributed by atoms with Crippen molar-refractivity contribution in [2.45, 2.75) is 25.9 Å². The molecular formula is C14H23NO3. The Balaban J connectivity index is 2.87. The number of hydrogen-bond acceptors (Lipinski definition) is 4. The fraction of sp³-hybridized carbons (Fsp3) is 0.571. The molecule has 4 heteroatoms. The van der Waals surface area contributed by atoms with Crippen LogP contribution in [0.15, 0.2) is 18.2 Å². The van der Waals surface area contributed by atoms with Crippen LogP contribution in [0.25, 0.3) is 0 Å². The van der Waals surface area contributed by atoms with Gasteiger partial charge in [0.1, 0.15) is 5.75 Å². The van der Waals surface area contributed by atoms with E-state index >= 15 is 0 Å². The smallest absolute Gasteiger partial charge is 0.123 e. The molecule has 0 aromatic heterocycles. The molecule has 0 amide bonds. The van der Waals surface area contributed by atoms with Gasteiger partial charge in [-0.15, -0.1) is 0 Å². The molecule has 0 fully saturated rings. The molecule has 0 atom stereocenters. The molecule has 0 aliphatic rings. The molecule has 1 rings (SSSR count). The maximum atomic E-state index is 9.17. The van der Waals surface area contributed by atoms with Crippen LogP contribution in [0.2, 0.25) is 0 Å². The van der Waals surface area contributed by atoms with Gasteiger partial charge in [0.05, 0.1) is 26.4 Å².